The van der Waals surface area contributed by atoms with Crippen LogP contribution >= 0.6 is 11.3 Å². The van der Waals surface area contributed by atoms with E-state index in [1.54, 1.807) is 0 Å². The third kappa shape index (κ3) is 2.98. The Balaban J connectivity index is 1.68. The van der Waals surface area contributed by atoms with Crippen LogP contribution in [0.3, 0.4) is 0 Å². The van der Waals surface area contributed by atoms with Gasteiger partial charge < -0.3 is 9.64 Å². The molecule has 0 amide bonds. The van der Waals surface area contributed by atoms with Crippen LogP contribution in [0.15, 0.2) is 0 Å². The molecule has 1 aromatic rings. The van der Waals surface area contributed by atoms with Crippen molar-refractivity contribution in [3.63, 3.8) is 0 Å². The number of carbonyl (C=O) groups excluding carboxylic acids is 1. The van der Waals surface area contributed by atoms with Crippen molar-refractivity contribution in [3.05, 3.63) is 10.6 Å². The zero-order valence-electron chi connectivity index (χ0n) is 11.3. The molecule has 1 aromatic heterocycles. The molecule has 2 fully saturated rings. The first-order valence-corrected chi connectivity index (χ1v) is 7.88. The number of likely N-dealkylation sites (N-methyl/N-ethyl adjacent to an activating group) is 1. The van der Waals surface area contributed by atoms with Gasteiger partial charge in [0.05, 0.1) is 16.7 Å². The van der Waals surface area contributed by atoms with E-state index < -0.39 is 0 Å². The van der Waals surface area contributed by atoms with Gasteiger partial charge in [-0.1, -0.05) is 11.3 Å². The van der Waals surface area contributed by atoms with E-state index in [1.807, 2.05) is 7.05 Å². The summed E-state index contributed by atoms with van der Waals surface area (Å²) >= 11 is 1.52. The van der Waals surface area contributed by atoms with Gasteiger partial charge in [0, 0.05) is 26.1 Å². The van der Waals surface area contributed by atoms with Crippen molar-refractivity contribution in [1.29, 1.82) is 0 Å². The van der Waals surface area contributed by atoms with E-state index >= 15 is 0 Å². The molecule has 0 radical (unpaired) electrons. The van der Waals surface area contributed by atoms with E-state index in [-0.39, 0.29) is 0 Å². The Morgan fingerprint density at radius 2 is 2.26 bits per heavy atom. The van der Waals surface area contributed by atoms with Crippen LogP contribution in [0, 0.1) is 0 Å². The number of carbonyl (C=O) groups is 1. The van der Waals surface area contributed by atoms with Crippen molar-refractivity contribution in [3.8, 4) is 0 Å². The highest BCUT2D eigenvalue weighted by atomic mass is 32.1. The summed E-state index contributed by atoms with van der Waals surface area (Å²) in [5.41, 5.74) is 1.02. The summed E-state index contributed by atoms with van der Waals surface area (Å²) in [4.78, 5) is 18.7. The summed E-state index contributed by atoms with van der Waals surface area (Å²) < 4.78 is 5.76. The highest BCUT2D eigenvalue weighted by Gasteiger charge is 2.30. The summed E-state index contributed by atoms with van der Waals surface area (Å²) in [6.45, 7) is 1.75. The molecule has 1 saturated heterocycles. The number of thiazole rings is 1. The van der Waals surface area contributed by atoms with Crippen molar-refractivity contribution in [2.24, 2.45) is 0 Å². The molecule has 0 N–H and O–H groups in total. The average molecular weight is 280 g/mol. The fourth-order valence-electron chi connectivity index (χ4n) is 2.56. The molecule has 0 aromatic carbocycles. The topological polar surface area (TPSA) is 42.4 Å². The molecular weight excluding hydrogens is 260 g/mol. The van der Waals surface area contributed by atoms with Crippen LogP contribution in [-0.4, -0.2) is 37.6 Å². The van der Waals surface area contributed by atoms with Gasteiger partial charge in [-0.25, -0.2) is 4.98 Å². The second-order valence-electron chi connectivity index (χ2n) is 5.51. The Bertz CT molecular complexity index is 450. The molecule has 19 heavy (non-hydrogen) atoms. The number of aromatic nitrogens is 1. The van der Waals surface area contributed by atoms with Gasteiger partial charge in [0.1, 0.15) is 0 Å². The molecule has 1 aliphatic heterocycles. The predicted octanol–water partition coefficient (Wildman–Crippen LogP) is 2.84. The number of hydrogen-bond acceptors (Lipinski definition) is 5. The number of nitrogens with zero attached hydrogens (tertiary/aromatic N) is 2. The Hall–Kier alpha value is -0.940. The Labute approximate surface area is 117 Å². The third-order valence-electron chi connectivity index (χ3n) is 3.82. The van der Waals surface area contributed by atoms with E-state index in [2.05, 4.69) is 9.88 Å². The molecular formula is C14H20N2O2S. The van der Waals surface area contributed by atoms with Crippen LogP contribution < -0.4 is 4.90 Å². The molecule has 2 aliphatic rings. The molecule has 2 heterocycles. The molecule has 104 valence electrons. The molecule has 1 unspecified atom stereocenters. The lowest BCUT2D eigenvalue weighted by molar-refractivity contribution is 0.0216. The lowest BCUT2D eigenvalue weighted by Gasteiger charge is -2.27. The van der Waals surface area contributed by atoms with E-state index in [4.69, 9.17) is 4.74 Å². The Morgan fingerprint density at radius 3 is 2.89 bits per heavy atom. The first kappa shape index (κ1) is 13.1. The first-order valence-electron chi connectivity index (χ1n) is 7.06. The third-order valence-corrected chi connectivity index (χ3v) is 4.93. The van der Waals surface area contributed by atoms with Gasteiger partial charge >= 0.3 is 0 Å². The van der Waals surface area contributed by atoms with Gasteiger partial charge in [0.15, 0.2) is 11.4 Å². The van der Waals surface area contributed by atoms with Crippen LogP contribution in [0.2, 0.25) is 0 Å². The zero-order valence-corrected chi connectivity index (χ0v) is 12.1. The second kappa shape index (κ2) is 5.59. The van der Waals surface area contributed by atoms with Gasteiger partial charge in [0.2, 0.25) is 0 Å². The SMILES string of the molecule is CN(CC1CCCCO1)c1nc(C2CC2)c(C=O)s1. The van der Waals surface area contributed by atoms with Gasteiger partial charge in [-0.3, -0.25) is 4.79 Å². The van der Waals surface area contributed by atoms with Crippen LogP contribution in [0.5, 0.6) is 0 Å². The van der Waals surface area contributed by atoms with Gasteiger partial charge in [-0.2, -0.15) is 0 Å². The van der Waals surface area contributed by atoms with Crippen molar-refractivity contribution < 1.29 is 9.53 Å². The highest BCUT2D eigenvalue weighted by Crippen LogP contribution is 2.43. The molecule has 1 atom stereocenters. The maximum absolute atomic E-state index is 11.1. The monoisotopic (exact) mass is 280 g/mol. The molecule has 3 rings (SSSR count). The van der Waals surface area contributed by atoms with Crippen molar-refractivity contribution in [2.45, 2.75) is 44.1 Å². The largest absolute Gasteiger partial charge is 0.376 e. The summed E-state index contributed by atoms with van der Waals surface area (Å²) in [7, 11) is 2.04. The lowest BCUT2D eigenvalue weighted by Crippen LogP contribution is -2.33. The van der Waals surface area contributed by atoms with Crippen molar-refractivity contribution in [2.75, 3.05) is 25.1 Å². The average Bonchev–Trinajstić information content (AvgIpc) is 3.19. The number of aldehydes is 1. The smallest absolute Gasteiger partial charge is 0.186 e. The standard InChI is InChI=1S/C14H20N2O2S/c1-16(8-11-4-2-3-7-18-11)14-15-13(10-5-6-10)12(9-17)19-14/h9-11H,2-8H2,1H3. The Kier molecular flexibility index (Phi) is 3.84. The highest BCUT2D eigenvalue weighted by molar-refractivity contribution is 7.17. The van der Waals surface area contributed by atoms with Crippen LogP contribution in [0.1, 0.15) is 53.4 Å². The molecule has 5 heteroatoms. The van der Waals surface area contributed by atoms with E-state index in [0.717, 1.165) is 41.6 Å². The summed E-state index contributed by atoms with van der Waals surface area (Å²) in [5, 5.41) is 0.957. The molecule has 0 spiro atoms. The summed E-state index contributed by atoms with van der Waals surface area (Å²) in [6.07, 6.45) is 7.19. The quantitative estimate of drug-likeness (QED) is 0.778. The normalized spacial score (nSPS) is 23.3. The second-order valence-corrected chi connectivity index (χ2v) is 6.52. The molecule has 1 saturated carbocycles. The van der Waals surface area contributed by atoms with Crippen molar-refractivity contribution >= 4 is 22.8 Å². The number of ether oxygens (including phenoxy) is 1. The van der Waals surface area contributed by atoms with Gasteiger partial charge in [-0.05, 0) is 32.1 Å². The fourth-order valence-corrected chi connectivity index (χ4v) is 3.50. The predicted molar refractivity (Wildman–Crippen MR) is 76.3 cm³/mol. The van der Waals surface area contributed by atoms with Crippen LogP contribution in [0.25, 0.3) is 0 Å². The fraction of sp³-hybridized carbons (Fsp3) is 0.714. The molecule has 1 aliphatic carbocycles. The number of hydrogen-bond donors (Lipinski definition) is 0. The van der Waals surface area contributed by atoms with Crippen LogP contribution in [0.4, 0.5) is 5.13 Å². The summed E-state index contributed by atoms with van der Waals surface area (Å²) in [6, 6.07) is 0. The van der Waals surface area contributed by atoms with Crippen molar-refractivity contribution in [1.82, 2.24) is 4.98 Å². The van der Waals surface area contributed by atoms with E-state index in [1.165, 1.54) is 37.0 Å². The van der Waals surface area contributed by atoms with Crippen LogP contribution in [-0.2, 0) is 4.74 Å². The van der Waals surface area contributed by atoms with Gasteiger partial charge in [0.25, 0.3) is 0 Å². The zero-order chi connectivity index (χ0) is 13.2. The summed E-state index contributed by atoms with van der Waals surface area (Å²) in [5.74, 6) is 0.532. The molecule has 0 bridgehead atoms. The number of rotatable bonds is 5. The minimum Gasteiger partial charge on any atom is -0.376 e. The lowest BCUT2D eigenvalue weighted by atomic mass is 10.1. The van der Waals surface area contributed by atoms with E-state index in [9.17, 15) is 4.79 Å². The van der Waals surface area contributed by atoms with E-state index in [0.29, 0.717) is 12.0 Å². The first-order chi connectivity index (χ1) is 9.28. The Morgan fingerprint density at radius 1 is 1.42 bits per heavy atom. The maximum Gasteiger partial charge on any atom is 0.186 e. The minimum absolute atomic E-state index is 0.312. The molecule has 4 nitrogen and oxygen atoms in total. The minimum atomic E-state index is 0.312. The maximum atomic E-state index is 11.1. The van der Waals surface area contributed by atoms with Gasteiger partial charge in [-0.15, -0.1) is 0 Å². The number of anilines is 1.